The Morgan fingerprint density at radius 3 is 2.79 bits per heavy atom. The predicted octanol–water partition coefficient (Wildman–Crippen LogP) is 2.67. The molecular weight excluding hydrogens is 368 g/mol. The van der Waals surface area contributed by atoms with E-state index in [1.165, 1.54) is 0 Å². The van der Waals surface area contributed by atoms with Crippen molar-refractivity contribution in [3.8, 4) is 17.1 Å². The van der Waals surface area contributed by atoms with Crippen molar-refractivity contribution in [2.24, 2.45) is 7.05 Å². The molecule has 1 saturated heterocycles. The Morgan fingerprint density at radius 1 is 1.24 bits per heavy atom. The maximum absolute atomic E-state index is 13.0. The molecule has 1 atom stereocenters. The molecule has 3 aromatic rings. The van der Waals surface area contributed by atoms with Gasteiger partial charge in [0.1, 0.15) is 12.1 Å². The second kappa shape index (κ2) is 8.32. The van der Waals surface area contributed by atoms with Gasteiger partial charge in [-0.1, -0.05) is 12.1 Å². The van der Waals surface area contributed by atoms with Crippen molar-refractivity contribution in [2.75, 3.05) is 32.1 Å². The fourth-order valence-corrected chi connectivity index (χ4v) is 3.46. The van der Waals surface area contributed by atoms with Crippen LogP contribution in [0, 0.1) is 0 Å². The van der Waals surface area contributed by atoms with Crippen molar-refractivity contribution >= 4 is 11.7 Å². The van der Waals surface area contributed by atoms with Crippen LogP contribution in [0.3, 0.4) is 0 Å². The van der Waals surface area contributed by atoms with E-state index < -0.39 is 0 Å². The van der Waals surface area contributed by atoms with Gasteiger partial charge in [0.25, 0.3) is 0 Å². The van der Waals surface area contributed by atoms with Gasteiger partial charge in [-0.05, 0) is 42.0 Å². The van der Waals surface area contributed by atoms with Crippen LogP contribution >= 0.6 is 0 Å². The van der Waals surface area contributed by atoms with E-state index in [9.17, 15) is 4.79 Å². The molecule has 0 radical (unpaired) electrons. The molecule has 4 rings (SSSR count). The lowest BCUT2D eigenvalue weighted by Crippen LogP contribution is -2.50. The van der Waals surface area contributed by atoms with Gasteiger partial charge in [-0.25, -0.2) is 9.78 Å². The summed E-state index contributed by atoms with van der Waals surface area (Å²) >= 11 is 0. The minimum absolute atomic E-state index is 0.0594. The van der Waals surface area contributed by atoms with E-state index in [4.69, 9.17) is 4.74 Å². The largest absolute Gasteiger partial charge is 0.497 e. The average molecular weight is 392 g/mol. The lowest BCUT2D eigenvalue weighted by Gasteiger charge is -2.36. The summed E-state index contributed by atoms with van der Waals surface area (Å²) in [6.07, 6.45) is 1.66. The van der Waals surface area contributed by atoms with Crippen molar-refractivity contribution in [1.29, 1.82) is 0 Å². The highest BCUT2D eigenvalue weighted by Crippen LogP contribution is 2.26. The molecule has 1 aromatic heterocycles. The van der Waals surface area contributed by atoms with Crippen molar-refractivity contribution in [3.63, 3.8) is 0 Å². The Labute approximate surface area is 169 Å². The molecule has 0 spiro atoms. The lowest BCUT2D eigenvalue weighted by atomic mass is 10.0. The molecule has 2 N–H and O–H groups in total. The van der Waals surface area contributed by atoms with Gasteiger partial charge in [0, 0.05) is 37.9 Å². The van der Waals surface area contributed by atoms with Crippen LogP contribution in [-0.4, -0.2) is 52.4 Å². The number of urea groups is 1. The van der Waals surface area contributed by atoms with E-state index in [1.807, 2.05) is 60.5 Å². The van der Waals surface area contributed by atoms with E-state index in [-0.39, 0.29) is 12.1 Å². The summed E-state index contributed by atoms with van der Waals surface area (Å²) in [4.78, 5) is 19.1. The number of nitrogens with zero attached hydrogens (tertiary/aromatic N) is 4. The number of methoxy groups -OCH3 is 1. The molecule has 1 aliphatic rings. The number of carbonyl (C=O) groups excluding carboxylic acids is 1. The number of anilines is 1. The number of hydrogen-bond acceptors (Lipinski definition) is 5. The Hall–Kier alpha value is -3.39. The zero-order chi connectivity index (χ0) is 20.2. The van der Waals surface area contributed by atoms with Crippen LogP contribution in [-0.2, 0) is 7.05 Å². The van der Waals surface area contributed by atoms with E-state index in [1.54, 1.807) is 18.1 Å². The third kappa shape index (κ3) is 4.22. The number of aromatic nitrogens is 3. The zero-order valence-electron chi connectivity index (χ0n) is 16.5. The SMILES string of the molecule is COc1cccc(C2CNCCN2C(=O)Nc2ccc(-c3ncn(C)n3)cc2)c1. The Bertz CT molecular complexity index is 985. The van der Waals surface area contributed by atoms with Gasteiger partial charge in [0.05, 0.1) is 13.2 Å². The number of piperazine rings is 1. The van der Waals surface area contributed by atoms with Crippen LogP contribution in [0.1, 0.15) is 11.6 Å². The van der Waals surface area contributed by atoms with Gasteiger partial charge in [-0.2, -0.15) is 5.10 Å². The Balaban J connectivity index is 1.48. The first-order valence-corrected chi connectivity index (χ1v) is 9.52. The van der Waals surface area contributed by atoms with Crippen molar-refractivity contribution in [2.45, 2.75) is 6.04 Å². The maximum Gasteiger partial charge on any atom is 0.322 e. The van der Waals surface area contributed by atoms with Gasteiger partial charge in [-0.3, -0.25) is 4.68 Å². The van der Waals surface area contributed by atoms with Crippen LogP contribution in [0.2, 0.25) is 0 Å². The quantitative estimate of drug-likeness (QED) is 0.713. The normalized spacial score (nSPS) is 16.5. The zero-order valence-corrected chi connectivity index (χ0v) is 16.5. The van der Waals surface area contributed by atoms with Gasteiger partial charge in [0.15, 0.2) is 5.82 Å². The number of hydrogen-bond donors (Lipinski definition) is 2. The molecule has 0 aliphatic carbocycles. The molecule has 1 aliphatic heterocycles. The van der Waals surface area contributed by atoms with E-state index in [2.05, 4.69) is 20.7 Å². The van der Waals surface area contributed by atoms with Crippen LogP contribution in [0.5, 0.6) is 5.75 Å². The van der Waals surface area contributed by atoms with Gasteiger partial charge >= 0.3 is 6.03 Å². The molecule has 0 saturated carbocycles. The number of carbonyl (C=O) groups is 1. The maximum atomic E-state index is 13.0. The number of nitrogens with one attached hydrogen (secondary N) is 2. The third-order valence-corrected chi connectivity index (χ3v) is 4.98. The first-order chi connectivity index (χ1) is 14.1. The van der Waals surface area contributed by atoms with E-state index >= 15 is 0 Å². The number of ether oxygens (including phenoxy) is 1. The molecule has 0 bridgehead atoms. The molecule has 29 heavy (non-hydrogen) atoms. The molecule has 2 amide bonds. The van der Waals surface area contributed by atoms with Gasteiger partial charge in [-0.15, -0.1) is 0 Å². The number of aryl methyl sites for hydroxylation is 1. The Morgan fingerprint density at radius 2 is 2.07 bits per heavy atom. The molecule has 8 heteroatoms. The monoisotopic (exact) mass is 392 g/mol. The first-order valence-electron chi connectivity index (χ1n) is 9.52. The van der Waals surface area contributed by atoms with Crippen molar-refractivity contribution < 1.29 is 9.53 Å². The standard InChI is InChI=1S/C21H24N6O2/c1-26-14-23-20(25-26)15-6-8-17(9-7-15)24-21(28)27-11-10-22-13-19(27)16-4-3-5-18(12-16)29-2/h3-9,12,14,19,22H,10-11,13H2,1-2H3,(H,24,28). The van der Waals surface area contributed by atoms with E-state index in [0.29, 0.717) is 18.9 Å². The summed E-state index contributed by atoms with van der Waals surface area (Å²) in [7, 11) is 3.48. The molecule has 1 fully saturated rings. The molecular formula is C21H24N6O2. The molecule has 2 aromatic carbocycles. The average Bonchev–Trinajstić information content (AvgIpc) is 3.20. The summed E-state index contributed by atoms with van der Waals surface area (Å²) in [5, 5.41) is 10.7. The molecule has 1 unspecified atom stereocenters. The summed E-state index contributed by atoms with van der Waals surface area (Å²) < 4.78 is 7.00. The lowest BCUT2D eigenvalue weighted by molar-refractivity contribution is 0.171. The summed E-state index contributed by atoms with van der Waals surface area (Å²) in [6, 6.07) is 15.2. The second-order valence-electron chi connectivity index (χ2n) is 6.94. The fourth-order valence-electron chi connectivity index (χ4n) is 3.46. The Kier molecular flexibility index (Phi) is 5.44. The molecule has 8 nitrogen and oxygen atoms in total. The highest BCUT2D eigenvalue weighted by Gasteiger charge is 2.28. The number of amides is 2. The molecule has 2 heterocycles. The minimum Gasteiger partial charge on any atom is -0.497 e. The van der Waals surface area contributed by atoms with Gasteiger partial charge in [0.2, 0.25) is 0 Å². The van der Waals surface area contributed by atoms with Crippen LogP contribution < -0.4 is 15.4 Å². The third-order valence-electron chi connectivity index (χ3n) is 4.98. The molecule has 150 valence electrons. The smallest absolute Gasteiger partial charge is 0.322 e. The van der Waals surface area contributed by atoms with Crippen LogP contribution in [0.4, 0.5) is 10.5 Å². The topological polar surface area (TPSA) is 84.3 Å². The van der Waals surface area contributed by atoms with Gasteiger partial charge < -0.3 is 20.3 Å². The number of rotatable bonds is 4. The highest BCUT2D eigenvalue weighted by molar-refractivity contribution is 5.90. The second-order valence-corrected chi connectivity index (χ2v) is 6.94. The fraction of sp³-hybridized carbons (Fsp3) is 0.286. The van der Waals surface area contributed by atoms with Crippen LogP contribution in [0.15, 0.2) is 54.9 Å². The number of benzene rings is 2. The summed E-state index contributed by atoms with van der Waals surface area (Å²) in [5.41, 5.74) is 2.68. The highest BCUT2D eigenvalue weighted by atomic mass is 16.5. The van der Waals surface area contributed by atoms with E-state index in [0.717, 1.165) is 29.1 Å². The summed E-state index contributed by atoms with van der Waals surface area (Å²) in [6.45, 7) is 2.09. The minimum atomic E-state index is -0.122. The van der Waals surface area contributed by atoms with Crippen molar-refractivity contribution in [1.82, 2.24) is 25.0 Å². The van der Waals surface area contributed by atoms with Crippen molar-refractivity contribution in [3.05, 3.63) is 60.4 Å². The predicted molar refractivity (Wildman–Crippen MR) is 111 cm³/mol. The first kappa shape index (κ1) is 18.9. The summed E-state index contributed by atoms with van der Waals surface area (Å²) in [5.74, 6) is 1.44. The van der Waals surface area contributed by atoms with Crippen LogP contribution in [0.25, 0.3) is 11.4 Å².